The van der Waals surface area contributed by atoms with Gasteiger partial charge in [0.05, 0.1) is 11.9 Å². The maximum atomic E-state index is 15.7. The Morgan fingerprint density at radius 3 is 2.45 bits per heavy atom. The van der Waals surface area contributed by atoms with Gasteiger partial charge in [0.25, 0.3) is 0 Å². The number of carbonyl (C=O) groups is 2. The van der Waals surface area contributed by atoms with Crippen molar-refractivity contribution in [3.05, 3.63) is 104 Å². The molecule has 53 heavy (non-hydrogen) atoms. The van der Waals surface area contributed by atoms with Gasteiger partial charge >= 0.3 is 6.09 Å². The number of azide groups is 1. The van der Waals surface area contributed by atoms with E-state index >= 15 is 4.39 Å². The highest BCUT2D eigenvalue weighted by molar-refractivity contribution is 7.89. The van der Waals surface area contributed by atoms with Gasteiger partial charge in [-0.1, -0.05) is 47.0 Å². The summed E-state index contributed by atoms with van der Waals surface area (Å²) >= 11 is 6.19. The van der Waals surface area contributed by atoms with Crippen LogP contribution in [0.2, 0.25) is 5.02 Å². The van der Waals surface area contributed by atoms with E-state index in [1.165, 1.54) is 16.4 Å². The van der Waals surface area contributed by atoms with Crippen LogP contribution < -0.4 is 4.74 Å². The molecule has 3 heterocycles. The van der Waals surface area contributed by atoms with Gasteiger partial charge in [-0.15, -0.1) is 0 Å². The van der Waals surface area contributed by atoms with E-state index in [1.807, 2.05) is 13.8 Å². The molecule has 5 rings (SSSR count). The summed E-state index contributed by atoms with van der Waals surface area (Å²) in [6.45, 7) is 9.31. The number of hydrogen-bond donors (Lipinski definition) is 0. The number of pyridine rings is 1. The van der Waals surface area contributed by atoms with E-state index in [4.69, 9.17) is 21.1 Å². The third-order valence-electron chi connectivity index (χ3n) is 9.40. The molecule has 284 valence electrons. The van der Waals surface area contributed by atoms with Crippen molar-refractivity contribution in [2.45, 2.75) is 102 Å². The predicted octanol–water partition coefficient (Wildman–Crippen LogP) is 7.63. The Bertz CT molecular complexity index is 1930. The van der Waals surface area contributed by atoms with Gasteiger partial charge in [-0.3, -0.25) is 4.79 Å². The molecule has 1 aromatic heterocycles. The molecule has 5 atom stereocenters. The minimum Gasteiger partial charge on any atom is -0.475 e. The van der Waals surface area contributed by atoms with Gasteiger partial charge in [-0.05, 0) is 106 Å². The van der Waals surface area contributed by atoms with E-state index in [1.54, 1.807) is 74.3 Å². The Labute approximate surface area is 315 Å². The molecule has 0 radical (unpaired) electrons. The zero-order valence-corrected chi connectivity index (χ0v) is 32.2. The SMILES string of the molecule is CC(C)Oc1ccc([C@H](c2ccc(Cl)cc2)[C@H](N=[N+]=[N-])C(=O)Cc2cccc(F)c2CC[C@H]2CN(C(=O)OC(C)(C)C)[C@@H]3CCCS(=O)(=O)N2C3)cn1. The van der Waals surface area contributed by atoms with Crippen LogP contribution >= 0.6 is 11.6 Å². The second-order valence-electron chi connectivity index (χ2n) is 14.8. The Morgan fingerprint density at radius 2 is 1.81 bits per heavy atom. The molecule has 12 nitrogen and oxygen atoms in total. The summed E-state index contributed by atoms with van der Waals surface area (Å²) < 4.78 is 55.2. The minimum absolute atomic E-state index is 0.0415. The zero-order valence-electron chi connectivity index (χ0n) is 30.6. The molecule has 1 unspecified atom stereocenters. The molecule has 3 aromatic rings. The number of benzene rings is 2. The zero-order chi connectivity index (χ0) is 38.5. The number of halogens is 2. The highest BCUT2D eigenvalue weighted by Crippen LogP contribution is 2.34. The molecular formula is C38H46ClFN6O6S. The molecule has 0 N–H and O–H groups in total. The van der Waals surface area contributed by atoms with Crippen LogP contribution in [-0.4, -0.2) is 83.2 Å². The van der Waals surface area contributed by atoms with Crippen LogP contribution in [0.1, 0.15) is 82.1 Å². The van der Waals surface area contributed by atoms with Gasteiger partial charge in [0.15, 0.2) is 0 Å². The molecular weight excluding hydrogens is 723 g/mol. The Hall–Kier alpha value is -4.23. The lowest BCUT2D eigenvalue weighted by Gasteiger charge is -2.44. The molecule has 0 spiro atoms. The fourth-order valence-corrected chi connectivity index (χ4v) is 8.96. The van der Waals surface area contributed by atoms with Crippen LogP contribution in [0.3, 0.4) is 0 Å². The number of hydrogen-bond acceptors (Lipinski definition) is 8. The first-order valence-electron chi connectivity index (χ1n) is 17.8. The maximum absolute atomic E-state index is 15.7. The first-order valence-corrected chi connectivity index (χ1v) is 19.8. The van der Waals surface area contributed by atoms with Crippen LogP contribution in [0, 0.1) is 5.82 Å². The van der Waals surface area contributed by atoms with Crippen molar-refractivity contribution in [1.29, 1.82) is 0 Å². The third-order valence-corrected chi connectivity index (χ3v) is 11.6. The number of ether oxygens (including phenoxy) is 2. The van der Waals surface area contributed by atoms with Gasteiger partial charge in [-0.25, -0.2) is 22.6 Å². The molecule has 2 aromatic carbocycles. The monoisotopic (exact) mass is 768 g/mol. The number of amides is 1. The Morgan fingerprint density at radius 1 is 1.09 bits per heavy atom. The van der Waals surface area contributed by atoms with Gasteiger partial charge in [-0.2, -0.15) is 4.31 Å². The van der Waals surface area contributed by atoms with Crippen molar-refractivity contribution >= 4 is 33.5 Å². The fraction of sp³-hybridized carbons (Fsp3) is 0.500. The van der Waals surface area contributed by atoms with Gasteiger partial charge in [0.2, 0.25) is 15.9 Å². The van der Waals surface area contributed by atoms with Crippen molar-refractivity contribution in [2.75, 3.05) is 18.8 Å². The highest BCUT2D eigenvalue weighted by atomic mass is 35.5. The van der Waals surface area contributed by atoms with E-state index < -0.39 is 51.3 Å². The molecule has 2 bridgehead atoms. The minimum atomic E-state index is -3.62. The fourth-order valence-electron chi connectivity index (χ4n) is 7.05. The van der Waals surface area contributed by atoms with Crippen molar-refractivity contribution in [3.8, 4) is 5.88 Å². The number of sulfonamides is 1. The molecule has 0 aliphatic carbocycles. The quantitative estimate of drug-likeness (QED) is 0.104. The van der Waals surface area contributed by atoms with Crippen molar-refractivity contribution in [1.82, 2.24) is 14.2 Å². The first kappa shape index (κ1) is 40.0. The van der Waals surface area contributed by atoms with Crippen LogP contribution in [0.15, 0.2) is 65.9 Å². The summed E-state index contributed by atoms with van der Waals surface area (Å²) in [5, 5.41) is 4.45. The number of piperazine rings is 1. The lowest BCUT2D eigenvalue weighted by atomic mass is 9.82. The number of aromatic nitrogens is 1. The Kier molecular flexibility index (Phi) is 12.7. The predicted molar refractivity (Wildman–Crippen MR) is 200 cm³/mol. The third kappa shape index (κ3) is 10.1. The van der Waals surface area contributed by atoms with E-state index in [-0.39, 0.29) is 55.8 Å². The van der Waals surface area contributed by atoms with E-state index in [9.17, 15) is 23.5 Å². The van der Waals surface area contributed by atoms with Crippen LogP contribution in [0.5, 0.6) is 5.88 Å². The van der Waals surface area contributed by atoms with Crippen molar-refractivity contribution < 1.29 is 31.9 Å². The highest BCUT2D eigenvalue weighted by Gasteiger charge is 2.44. The number of fused-ring (bicyclic) bond motifs is 2. The van der Waals surface area contributed by atoms with E-state index in [0.717, 1.165) is 0 Å². The maximum Gasteiger partial charge on any atom is 0.410 e. The molecule has 2 aliphatic rings. The molecule has 15 heteroatoms. The molecule has 2 saturated heterocycles. The summed E-state index contributed by atoms with van der Waals surface area (Å²) in [6.07, 6.45) is 1.91. The Balaban J connectivity index is 1.43. The number of Topliss-reactive ketones (excluding diaryl/α,β-unsaturated/α-hetero) is 1. The summed E-state index contributed by atoms with van der Waals surface area (Å²) in [5.41, 5.74) is 10.8. The molecule has 0 saturated carbocycles. The lowest BCUT2D eigenvalue weighted by Crippen LogP contribution is -2.60. The lowest BCUT2D eigenvalue weighted by molar-refractivity contribution is -0.119. The van der Waals surface area contributed by atoms with Gasteiger partial charge in [0, 0.05) is 59.7 Å². The van der Waals surface area contributed by atoms with Crippen LogP contribution in [0.25, 0.3) is 10.4 Å². The smallest absolute Gasteiger partial charge is 0.410 e. The standard InChI is InChI=1S/C38H46ClFN6O6S/c1-24(2)51-34-18-13-27(21-42-34)35(25-11-14-28(39)15-12-25)36(43-44-41)33(47)20-26-8-6-10-32(40)31(26)17-16-30-22-45(37(48)52-38(3,4)5)29-9-7-19-53(49,50)46(30)23-29/h6,8,10-15,18,21,24,29-30,35-36H,7,9,16-17,19-20,22-23H2,1-5H3/t29-,30+,35+,36-/m1/s1. The molecule has 1 amide bonds. The van der Waals surface area contributed by atoms with Gasteiger partial charge in [0.1, 0.15) is 23.2 Å². The second kappa shape index (κ2) is 16.8. The van der Waals surface area contributed by atoms with Gasteiger partial charge < -0.3 is 14.4 Å². The summed E-state index contributed by atoms with van der Waals surface area (Å²) in [7, 11) is -3.62. The largest absolute Gasteiger partial charge is 0.475 e. The van der Waals surface area contributed by atoms with Crippen molar-refractivity contribution in [2.24, 2.45) is 5.11 Å². The van der Waals surface area contributed by atoms with Crippen LogP contribution in [0.4, 0.5) is 9.18 Å². The normalized spacial score (nSPS) is 20.8. The average molecular weight is 769 g/mol. The number of nitrogens with zero attached hydrogens (tertiary/aromatic N) is 6. The second-order valence-corrected chi connectivity index (χ2v) is 17.3. The number of rotatable bonds is 12. The topological polar surface area (TPSA) is 155 Å². The average Bonchev–Trinajstić information content (AvgIpc) is 3.20. The summed E-state index contributed by atoms with van der Waals surface area (Å²) in [5.74, 6) is -1.41. The molecule has 2 aliphatic heterocycles. The van der Waals surface area contributed by atoms with Crippen LogP contribution in [-0.2, 0) is 32.4 Å². The van der Waals surface area contributed by atoms with E-state index in [0.29, 0.717) is 40.4 Å². The first-order chi connectivity index (χ1) is 25.1. The number of carbonyl (C=O) groups excluding carboxylic acids is 2. The van der Waals surface area contributed by atoms with Crippen molar-refractivity contribution in [3.63, 3.8) is 0 Å². The number of ketones is 1. The van der Waals surface area contributed by atoms with E-state index in [2.05, 4.69) is 15.0 Å². The molecule has 2 fully saturated rings. The summed E-state index contributed by atoms with van der Waals surface area (Å²) in [6, 6.07) is 12.5. The summed E-state index contributed by atoms with van der Waals surface area (Å²) in [4.78, 5) is 36.6.